The number of likely N-dealkylation sites (tertiary alicyclic amines) is 1. The van der Waals surface area contributed by atoms with Gasteiger partial charge < -0.3 is 24.7 Å². The fourth-order valence-electron chi connectivity index (χ4n) is 5.05. The lowest BCUT2D eigenvalue weighted by Gasteiger charge is -2.16. The number of hydrogen-bond donors (Lipinski definition) is 1. The monoisotopic (exact) mass is 461 g/mol. The van der Waals surface area contributed by atoms with Crippen molar-refractivity contribution in [2.24, 2.45) is 24.8 Å². The zero-order chi connectivity index (χ0) is 22.9. The van der Waals surface area contributed by atoms with Gasteiger partial charge in [0, 0.05) is 37.2 Å². The summed E-state index contributed by atoms with van der Waals surface area (Å²) in [5.41, 5.74) is 9.32. The van der Waals surface area contributed by atoms with Gasteiger partial charge in [0.25, 0.3) is 0 Å². The van der Waals surface area contributed by atoms with Crippen LogP contribution in [-0.2, 0) is 11.8 Å². The van der Waals surface area contributed by atoms with Gasteiger partial charge in [-0.3, -0.25) is 4.79 Å². The second kappa shape index (κ2) is 7.15. The maximum absolute atomic E-state index is 11.9. The molecular weight excluding hydrogens is 442 g/mol. The maximum Gasteiger partial charge on any atom is 0.245 e. The Morgan fingerprint density at radius 1 is 1.27 bits per heavy atom. The van der Waals surface area contributed by atoms with E-state index in [1.165, 1.54) is 12.4 Å². The minimum absolute atomic E-state index is 0.0160. The second-order valence-electron chi connectivity index (χ2n) is 8.47. The first kappa shape index (κ1) is 19.9. The molecule has 2 fully saturated rings. The number of benzene rings is 1. The third-order valence-electron chi connectivity index (χ3n) is 6.77. The molecule has 1 aliphatic carbocycles. The normalized spacial score (nSPS) is 22.1. The average Bonchev–Trinajstić information content (AvgIpc) is 3.23. The molecule has 1 amide bonds. The van der Waals surface area contributed by atoms with E-state index in [9.17, 15) is 4.79 Å². The molecule has 3 atom stereocenters. The number of nitrogen functional groups attached to an aromatic ring is 1. The van der Waals surface area contributed by atoms with Crippen molar-refractivity contribution in [3.63, 3.8) is 0 Å². The van der Waals surface area contributed by atoms with Crippen LogP contribution in [0.5, 0.6) is 11.5 Å². The van der Waals surface area contributed by atoms with E-state index in [0.717, 1.165) is 29.9 Å². The molecule has 166 valence electrons. The molecule has 1 unspecified atom stereocenters. The Morgan fingerprint density at radius 3 is 2.79 bits per heavy atom. The van der Waals surface area contributed by atoms with Gasteiger partial charge >= 0.3 is 0 Å². The van der Waals surface area contributed by atoms with Crippen LogP contribution in [0.2, 0.25) is 5.02 Å². The number of carbonyl (C=O) groups is 1. The molecule has 33 heavy (non-hydrogen) atoms. The number of nitrogens with zero attached hydrogens (tertiary/aromatic N) is 4. The van der Waals surface area contributed by atoms with E-state index in [1.807, 2.05) is 22.6 Å². The highest BCUT2D eigenvalue weighted by Gasteiger charge is 2.55. The van der Waals surface area contributed by atoms with Crippen molar-refractivity contribution in [1.82, 2.24) is 19.4 Å². The first-order valence-electron chi connectivity index (χ1n) is 10.6. The average molecular weight is 462 g/mol. The SMILES string of the molecule is C=CC(=O)N1C[C@@H]2C(C#Cc3c(-c4ccc(Cl)c5c4OCO5)c4c(N)ncnc4n3C)[C@@H]2C1. The molecule has 1 saturated heterocycles. The summed E-state index contributed by atoms with van der Waals surface area (Å²) in [6.07, 6.45) is 2.82. The van der Waals surface area contributed by atoms with Crippen LogP contribution >= 0.6 is 11.6 Å². The van der Waals surface area contributed by atoms with Crippen molar-refractivity contribution in [1.29, 1.82) is 0 Å². The molecule has 2 aliphatic heterocycles. The Balaban J connectivity index is 1.45. The lowest BCUT2D eigenvalue weighted by Crippen LogP contribution is -2.29. The van der Waals surface area contributed by atoms with E-state index in [-0.39, 0.29) is 18.6 Å². The summed E-state index contributed by atoms with van der Waals surface area (Å²) in [6.45, 7) is 5.12. The van der Waals surface area contributed by atoms with Crippen LogP contribution in [-0.4, -0.2) is 45.2 Å². The van der Waals surface area contributed by atoms with Gasteiger partial charge in [-0.05, 0) is 36.0 Å². The van der Waals surface area contributed by atoms with Gasteiger partial charge in [0.1, 0.15) is 23.5 Å². The zero-order valence-electron chi connectivity index (χ0n) is 17.8. The maximum atomic E-state index is 11.9. The van der Waals surface area contributed by atoms with Gasteiger partial charge in [-0.25, -0.2) is 9.97 Å². The Hall–Kier alpha value is -3.70. The number of aryl methyl sites for hydroxylation is 1. The molecule has 4 heterocycles. The second-order valence-corrected chi connectivity index (χ2v) is 8.88. The van der Waals surface area contributed by atoms with Crippen molar-refractivity contribution in [3.05, 3.63) is 41.8 Å². The van der Waals surface area contributed by atoms with Crippen molar-refractivity contribution in [2.75, 3.05) is 25.6 Å². The quantitative estimate of drug-likeness (QED) is 0.465. The van der Waals surface area contributed by atoms with Crippen LogP contribution in [0.3, 0.4) is 0 Å². The van der Waals surface area contributed by atoms with E-state index < -0.39 is 0 Å². The Kier molecular flexibility index (Phi) is 4.32. The number of rotatable bonds is 2. The predicted octanol–water partition coefficient (Wildman–Crippen LogP) is 2.84. The Morgan fingerprint density at radius 2 is 2.03 bits per heavy atom. The van der Waals surface area contributed by atoms with Gasteiger partial charge in [0.15, 0.2) is 11.5 Å². The van der Waals surface area contributed by atoms with E-state index in [2.05, 4.69) is 28.4 Å². The number of halogens is 1. The molecule has 3 aromatic rings. The van der Waals surface area contributed by atoms with Gasteiger partial charge in [0.05, 0.1) is 10.4 Å². The number of ether oxygens (including phenoxy) is 2. The third kappa shape index (κ3) is 2.89. The molecular formula is C24H20ClN5O3. The highest BCUT2D eigenvalue weighted by atomic mass is 35.5. The molecule has 1 aromatic carbocycles. The Labute approximate surface area is 194 Å². The number of piperidine rings is 1. The van der Waals surface area contributed by atoms with E-state index in [1.54, 1.807) is 6.07 Å². The summed E-state index contributed by atoms with van der Waals surface area (Å²) < 4.78 is 13.3. The number of amides is 1. The van der Waals surface area contributed by atoms with Gasteiger partial charge in [-0.15, -0.1) is 0 Å². The summed E-state index contributed by atoms with van der Waals surface area (Å²) >= 11 is 6.31. The lowest BCUT2D eigenvalue weighted by atomic mass is 10.0. The van der Waals surface area contributed by atoms with Gasteiger partial charge in [-0.1, -0.05) is 24.1 Å². The Bertz CT molecular complexity index is 1410. The van der Waals surface area contributed by atoms with Crippen LogP contribution < -0.4 is 15.2 Å². The highest BCUT2D eigenvalue weighted by Crippen LogP contribution is 2.52. The number of aromatic nitrogens is 3. The minimum atomic E-state index is -0.0160. The third-order valence-corrected chi connectivity index (χ3v) is 7.07. The molecule has 9 heteroatoms. The van der Waals surface area contributed by atoms with Crippen molar-refractivity contribution in [3.8, 4) is 34.5 Å². The molecule has 2 aromatic heterocycles. The van der Waals surface area contributed by atoms with Crippen molar-refractivity contribution < 1.29 is 14.3 Å². The van der Waals surface area contributed by atoms with Crippen LogP contribution in [0.1, 0.15) is 5.69 Å². The number of hydrogen-bond acceptors (Lipinski definition) is 6. The largest absolute Gasteiger partial charge is 0.453 e. The summed E-state index contributed by atoms with van der Waals surface area (Å²) in [5, 5.41) is 1.19. The molecule has 0 bridgehead atoms. The number of anilines is 1. The molecule has 0 spiro atoms. The van der Waals surface area contributed by atoms with Crippen molar-refractivity contribution in [2.45, 2.75) is 0 Å². The zero-order valence-corrected chi connectivity index (χ0v) is 18.6. The summed E-state index contributed by atoms with van der Waals surface area (Å²) in [7, 11) is 1.91. The number of fused-ring (bicyclic) bond motifs is 3. The minimum Gasteiger partial charge on any atom is -0.453 e. The molecule has 1 saturated carbocycles. The van der Waals surface area contributed by atoms with E-state index in [0.29, 0.717) is 45.2 Å². The summed E-state index contributed by atoms with van der Waals surface area (Å²) in [5.74, 6) is 9.30. The fraction of sp³-hybridized carbons (Fsp3) is 0.292. The van der Waals surface area contributed by atoms with Crippen LogP contribution in [0, 0.1) is 29.6 Å². The van der Waals surface area contributed by atoms with E-state index >= 15 is 0 Å². The smallest absolute Gasteiger partial charge is 0.245 e. The van der Waals surface area contributed by atoms with E-state index in [4.69, 9.17) is 26.8 Å². The molecule has 0 radical (unpaired) electrons. The van der Waals surface area contributed by atoms with Crippen LogP contribution in [0.25, 0.3) is 22.2 Å². The molecule has 8 nitrogen and oxygen atoms in total. The highest BCUT2D eigenvalue weighted by molar-refractivity contribution is 6.32. The fourth-order valence-corrected chi connectivity index (χ4v) is 5.25. The first-order valence-corrected chi connectivity index (χ1v) is 11.0. The van der Waals surface area contributed by atoms with Crippen LogP contribution in [0.4, 0.5) is 5.82 Å². The van der Waals surface area contributed by atoms with Crippen LogP contribution in [0.15, 0.2) is 31.1 Å². The van der Waals surface area contributed by atoms with Gasteiger partial charge in [0.2, 0.25) is 12.7 Å². The van der Waals surface area contributed by atoms with Crippen molar-refractivity contribution >= 4 is 34.4 Å². The molecule has 6 rings (SSSR count). The number of carbonyl (C=O) groups excluding carboxylic acids is 1. The first-order chi connectivity index (χ1) is 16.0. The predicted molar refractivity (Wildman–Crippen MR) is 124 cm³/mol. The molecule has 2 N–H and O–H groups in total. The standard InChI is InChI=1S/C24H20ClN5O3/c1-3-18(31)30-8-14-12(15(14)9-30)5-7-17-19(20-23(26)27-10-28-24(20)29(17)2)13-4-6-16(25)22-21(13)32-11-33-22/h3-4,6,10,12,14-15H,1,8-9,11H2,2H3,(H2,26,27,28)/t12?,14-,15+. The summed E-state index contributed by atoms with van der Waals surface area (Å²) in [6, 6.07) is 3.66. The topological polar surface area (TPSA) is 95.5 Å². The molecule has 3 aliphatic rings. The van der Waals surface area contributed by atoms with Gasteiger partial charge in [-0.2, -0.15) is 0 Å². The summed E-state index contributed by atoms with van der Waals surface area (Å²) in [4.78, 5) is 22.4. The lowest BCUT2D eigenvalue weighted by molar-refractivity contribution is -0.125. The number of nitrogens with two attached hydrogens (primary N) is 1.